The molecule has 1 rings (SSSR count). The van der Waals surface area contributed by atoms with Gasteiger partial charge in [-0.15, -0.1) is 13.2 Å². The quantitative estimate of drug-likeness (QED) is 0.857. The number of rotatable bonds is 4. The highest BCUT2D eigenvalue weighted by Crippen LogP contribution is 2.29. The van der Waals surface area contributed by atoms with E-state index in [0.717, 1.165) is 6.07 Å². The molecule has 0 aliphatic carbocycles. The van der Waals surface area contributed by atoms with E-state index in [-0.39, 0.29) is 23.5 Å². The summed E-state index contributed by atoms with van der Waals surface area (Å²) >= 11 is 0. The van der Waals surface area contributed by atoms with Crippen LogP contribution in [0.4, 0.5) is 13.2 Å². The minimum atomic E-state index is -4.90. The molecule has 0 radical (unpaired) electrons. The summed E-state index contributed by atoms with van der Waals surface area (Å²) in [5.74, 6) is -1.86. The van der Waals surface area contributed by atoms with Gasteiger partial charge < -0.3 is 15.6 Å². The maximum atomic E-state index is 12.2. The molecule has 0 spiro atoms. The van der Waals surface area contributed by atoms with Gasteiger partial charge in [-0.2, -0.15) is 0 Å². The number of alkyl halides is 3. The summed E-state index contributed by atoms with van der Waals surface area (Å²) < 4.78 is 40.4. The highest BCUT2D eigenvalue weighted by atomic mass is 19.4. The van der Waals surface area contributed by atoms with Crippen LogP contribution in [0.2, 0.25) is 0 Å². The Kier molecular flexibility index (Phi) is 4.12. The van der Waals surface area contributed by atoms with E-state index < -0.39 is 24.5 Å². The molecule has 100 valence electrons. The maximum Gasteiger partial charge on any atom is 0.573 e. The fourth-order valence-corrected chi connectivity index (χ4v) is 1.46. The van der Waals surface area contributed by atoms with Gasteiger partial charge in [-0.05, 0) is 6.92 Å². The second-order valence-electron chi connectivity index (χ2n) is 3.51. The largest absolute Gasteiger partial charge is 0.573 e. The van der Waals surface area contributed by atoms with Crippen LogP contribution < -0.4 is 10.5 Å². The van der Waals surface area contributed by atoms with Crippen LogP contribution in [0.25, 0.3) is 0 Å². The number of aliphatic carboxylic acids is 1. The normalized spacial score (nSPS) is 11.4. The third kappa shape index (κ3) is 3.88. The van der Waals surface area contributed by atoms with Crippen LogP contribution in [-0.4, -0.2) is 22.4 Å². The molecule has 0 unspecified atom stereocenters. The summed E-state index contributed by atoms with van der Waals surface area (Å²) in [6, 6.07) is 1.03. The van der Waals surface area contributed by atoms with Crippen molar-refractivity contribution in [2.75, 3.05) is 0 Å². The van der Waals surface area contributed by atoms with Crippen LogP contribution in [0, 0.1) is 6.92 Å². The second-order valence-corrected chi connectivity index (χ2v) is 3.51. The van der Waals surface area contributed by atoms with E-state index in [9.17, 15) is 18.0 Å². The fraction of sp³-hybridized carbons (Fsp3) is 0.400. The Labute approximate surface area is 100 Å². The van der Waals surface area contributed by atoms with Crippen molar-refractivity contribution in [1.29, 1.82) is 0 Å². The summed E-state index contributed by atoms with van der Waals surface area (Å²) in [6.45, 7) is 1.30. The van der Waals surface area contributed by atoms with Crippen molar-refractivity contribution in [3.63, 3.8) is 0 Å². The number of halogens is 3. The first kappa shape index (κ1) is 14.2. The molecule has 1 aromatic rings. The minimum Gasteiger partial charge on any atom is -0.481 e. The molecule has 3 N–H and O–H groups in total. The number of carbonyl (C=O) groups is 1. The van der Waals surface area contributed by atoms with Crippen molar-refractivity contribution < 1.29 is 27.8 Å². The number of nitrogens with zero attached hydrogens (tertiary/aromatic N) is 1. The van der Waals surface area contributed by atoms with Gasteiger partial charge >= 0.3 is 12.3 Å². The lowest BCUT2D eigenvalue weighted by Gasteiger charge is -2.15. The highest BCUT2D eigenvalue weighted by Gasteiger charge is 2.33. The van der Waals surface area contributed by atoms with Gasteiger partial charge in [0.15, 0.2) is 0 Å². The van der Waals surface area contributed by atoms with Gasteiger partial charge in [-0.3, -0.25) is 9.78 Å². The van der Waals surface area contributed by atoms with Crippen LogP contribution in [0.1, 0.15) is 17.0 Å². The summed E-state index contributed by atoms with van der Waals surface area (Å²) in [5.41, 5.74) is 5.52. The molecule has 0 bridgehead atoms. The zero-order chi connectivity index (χ0) is 13.9. The molecule has 1 heterocycles. The number of aryl methyl sites for hydroxylation is 1. The molecule has 8 heteroatoms. The van der Waals surface area contributed by atoms with E-state index in [2.05, 4.69) is 9.72 Å². The monoisotopic (exact) mass is 264 g/mol. The minimum absolute atomic E-state index is 0.0802. The zero-order valence-corrected chi connectivity index (χ0v) is 9.41. The van der Waals surface area contributed by atoms with E-state index in [0.29, 0.717) is 0 Å². The van der Waals surface area contributed by atoms with Crippen LogP contribution in [-0.2, 0) is 17.8 Å². The standard InChI is InChI=1S/C10H11F3N2O3/c1-5-2-8(18-10(11,12)13)6(3-9(16)17)7(4-14)15-5/h2H,3-4,14H2,1H3,(H,16,17). The van der Waals surface area contributed by atoms with Gasteiger partial charge in [-0.25, -0.2) is 0 Å². The number of hydrogen-bond acceptors (Lipinski definition) is 4. The Bertz CT molecular complexity index is 460. The van der Waals surface area contributed by atoms with Crippen molar-refractivity contribution in [3.8, 4) is 5.75 Å². The van der Waals surface area contributed by atoms with Crippen LogP contribution in [0.5, 0.6) is 5.75 Å². The lowest BCUT2D eigenvalue weighted by Crippen LogP contribution is -2.20. The van der Waals surface area contributed by atoms with Crippen molar-refractivity contribution in [1.82, 2.24) is 4.98 Å². The molecule has 18 heavy (non-hydrogen) atoms. The summed E-state index contributed by atoms with van der Waals surface area (Å²) in [5, 5.41) is 8.67. The third-order valence-corrected chi connectivity index (χ3v) is 2.04. The number of carboxylic acid groups (broad SMARTS) is 1. The molecule has 0 aliphatic rings. The van der Waals surface area contributed by atoms with Gasteiger partial charge in [0.05, 0.1) is 12.1 Å². The molecule has 0 saturated heterocycles. The Morgan fingerprint density at radius 2 is 2.17 bits per heavy atom. The van der Waals surface area contributed by atoms with Crippen molar-refractivity contribution >= 4 is 5.97 Å². The molecule has 0 aromatic carbocycles. The number of pyridine rings is 1. The first-order chi connectivity index (χ1) is 8.23. The smallest absolute Gasteiger partial charge is 0.481 e. The van der Waals surface area contributed by atoms with E-state index in [1.165, 1.54) is 6.92 Å². The molecule has 0 fully saturated rings. The Morgan fingerprint density at radius 1 is 1.56 bits per heavy atom. The van der Waals surface area contributed by atoms with Gasteiger partial charge in [-0.1, -0.05) is 0 Å². The molecule has 5 nitrogen and oxygen atoms in total. The maximum absolute atomic E-state index is 12.2. The SMILES string of the molecule is Cc1cc(OC(F)(F)F)c(CC(=O)O)c(CN)n1. The van der Waals surface area contributed by atoms with Gasteiger partial charge in [0.1, 0.15) is 5.75 Å². The Hall–Kier alpha value is -1.83. The molecular formula is C10H11F3N2O3. The molecule has 0 amide bonds. The van der Waals surface area contributed by atoms with Gasteiger partial charge in [0.2, 0.25) is 0 Å². The number of carboxylic acids is 1. The number of ether oxygens (including phenoxy) is 1. The Balaban J connectivity index is 3.27. The molecule has 0 aliphatic heterocycles. The van der Waals surface area contributed by atoms with E-state index >= 15 is 0 Å². The predicted octanol–water partition coefficient (Wildman–Crippen LogP) is 1.37. The van der Waals surface area contributed by atoms with Crippen LogP contribution in [0.3, 0.4) is 0 Å². The van der Waals surface area contributed by atoms with Crippen LogP contribution >= 0.6 is 0 Å². The summed E-state index contributed by atoms with van der Waals surface area (Å²) in [6.07, 6.45) is -5.53. The summed E-state index contributed by atoms with van der Waals surface area (Å²) in [7, 11) is 0. The van der Waals surface area contributed by atoms with E-state index in [1.54, 1.807) is 0 Å². The first-order valence-corrected chi connectivity index (χ1v) is 4.90. The Morgan fingerprint density at radius 3 is 2.61 bits per heavy atom. The number of aromatic nitrogens is 1. The molecule has 1 aromatic heterocycles. The first-order valence-electron chi connectivity index (χ1n) is 4.90. The average molecular weight is 264 g/mol. The second kappa shape index (κ2) is 5.21. The average Bonchev–Trinajstić information content (AvgIpc) is 2.18. The van der Waals surface area contributed by atoms with Crippen molar-refractivity contribution in [2.24, 2.45) is 5.73 Å². The van der Waals surface area contributed by atoms with Crippen molar-refractivity contribution in [2.45, 2.75) is 26.3 Å². The zero-order valence-electron chi connectivity index (χ0n) is 9.41. The fourth-order valence-electron chi connectivity index (χ4n) is 1.46. The lowest BCUT2D eigenvalue weighted by atomic mass is 10.1. The molecule has 0 atom stereocenters. The number of nitrogens with two attached hydrogens (primary N) is 1. The predicted molar refractivity (Wildman–Crippen MR) is 54.9 cm³/mol. The number of hydrogen-bond donors (Lipinski definition) is 2. The topological polar surface area (TPSA) is 85.4 Å². The van der Waals surface area contributed by atoms with Crippen LogP contribution in [0.15, 0.2) is 6.07 Å². The van der Waals surface area contributed by atoms with E-state index in [1.807, 2.05) is 0 Å². The van der Waals surface area contributed by atoms with Gasteiger partial charge in [0.25, 0.3) is 0 Å². The lowest BCUT2D eigenvalue weighted by molar-refractivity contribution is -0.275. The molecular weight excluding hydrogens is 253 g/mol. The highest BCUT2D eigenvalue weighted by molar-refractivity contribution is 5.71. The van der Waals surface area contributed by atoms with Gasteiger partial charge in [0, 0.05) is 23.9 Å². The summed E-state index contributed by atoms with van der Waals surface area (Å²) in [4.78, 5) is 14.5. The third-order valence-electron chi connectivity index (χ3n) is 2.04. The molecule has 0 saturated carbocycles. The van der Waals surface area contributed by atoms with Crippen molar-refractivity contribution in [3.05, 3.63) is 23.0 Å². The van der Waals surface area contributed by atoms with E-state index in [4.69, 9.17) is 10.8 Å².